The summed E-state index contributed by atoms with van der Waals surface area (Å²) in [6.45, 7) is 12.6. The Morgan fingerprint density at radius 1 is 1.19 bits per heavy atom. The van der Waals surface area contributed by atoms with Gasteiger partial charge in [0.15, 0.2) is 12.3 Å². The summed E-state index contributed by atoms with van der Waals surface area (Å²) in [6.07, 6.45) is -6.89. The van der Waals surface area contributed by atoms with Crippen LogP contribution in [0.1, 0.15) is 68.4 Å². The van der Waals surface area contributed by atoms with Crippen molar-refractivity contribution in [1.82, 2.24) is 5.32 Å². The number of esters is 1. The summed E-state index contributed by atoms with van der Waals surface area (Å²) in [4.78, 5) is 25.6. The van der Waals surface area contributed by atoms with Gasteiger partial charge in [0.25, 0.3) is 5.91 Å². The molecule has 9 atom stereocenters. The minimum absolute atomic E-state index is 0.00479. The van der Waals surface area contributed by atoms with E-state index < -0.39 is 72.2 Å². The van der Waals surface area contributed by atoms with E-state index in [2.05, 4.69) is 11.9 Å². The first-order valence-electron chi connectivity index (χ1n) is 14.5. The van der Waals surface area contributed by atoms with Crippen molar-refractivity contribution in [3.63, 3.8) is 0 Å². The smallest absolute Gasteiger partial charge is 0.342 e. The summed E-state index contributed by atoms with van der Waals surface area (Å²) in [5, 5.41) is 56.0. The Balaban J connectivity index is 1.73. The summed E-state index contributed by atoms with van der Waals surface area (Å²) in [5.74, 6) is -2.57. The molecule has 2 aliphatic heterocycles. The molecule has 12 nitrogen and oxygen atoms in total. The lowest BCUT2D eigenvalue weighted by Gasteiger charge is -2.48. The van der Waals surface area contributed by atoms with E-state index in [-0.39, 0.29) is 42.7 Å². The van der Waals surface area contributed by atoms with Gasteiger partial charge in [0.1, 0.15) is 29.3 Å². The van der Waals surface area contributed by atoms with Gasteiger partial charge < -0.3 is 49.8 Å². The summed E-state index contributed by atoms with van der Waals surface area (Å²) < 4.78 is 22.7. The fourth-order valence-electron chi connectivity index (χ4n) is 5.80. The van der Waals surface area contributed by atoms with Gasteiger partial charge in [-0.2, -0.15) is 0 Å². The van der Waals surface area contributed by atoms with E-state index in [1.54, 1.807) is 20.8 Å². The van der Waals surface area contributed by atoms with E-state index in [9.17, 15) is 35.1 Å². The maximum atomic E-state index is 12.9. The second kappa shape index (κ2) is 13.9. The number of nitrogens with one attached hydrogen (secondary N) is 1. The molecule has 1 amide bonds. The Hall–Kier alpha value is -2.74. The SMILES string of the molecule is C=C(C)CC(OC)C(O)C(=O)NC(OC)[C@@H]1CC(O)C(C)(C)C(C[C@H](O)[C@@H](C)[C@H]2Cc3c(C)c(O)cc(O)c3C(=O)O2)O1. The molecule has 1 saturated heterocycles. The fraction of sp³-hybridized carbons (Fsp3) is 0.677. The van der Waals surface area contributed by atoms with Gasteiger partial charge in [0.05, 0.1) is 24.4 Å². The lowest BCUT2D eigenvalue weighted by Crippen LogP contribution is -2.59. The first kappa shape index (κ1) is 34.7. The summed E-state index contributed by atoms with van der Waals surface area (Å²) in [6, 6.07) is 1.10. The second-order valence-electron chi connectivity index (χ2n) is 12.5. The molecule has 0 radical (unpaired) electrons. The molecule has 43 heavy (non-hydrogen) atoms. The number of carbonyl (C=O) groups excluding carboxylic acids is 2. The van der Waals surface area contributed by atoms with Crippen LogP contribution in [-0.2, 0) is 30.2 Å². The molecule has 3 rings (SSSR count). The third kappa shape index (κ3) is 7.50. The van der Waals surface area contributed by atoms with E-state index in [4.69, 9.17) is 18.9 Å². The Labute approximate surface area is 252 Å². The standard InChI is InChI=1S/C31H47NO11/c1-14(2)9-22(40-7)27(37)28(38)32-29(41-8)23-13-24(36)31(5,6)25(42-23)12-19(34)16(4)21-10-17-15(3)18(33)11-20(35)26(17)30(39)43-21/h11,16,19,21-25,27,29,33-37H,1,9-10,12-13H2,2-8H3,(H,32,38)/t16-,19+,21-,22?,23+,24?,25?,27?,29?/m1/s1. The first-order chi connectivity index (χ1) is 20.0. The van der Waals surface area contributed by atoms with Crippen LogP contribution in [0.5, 0.6) is 11.5 Å². The van der Waals surface area contributed by atoms with Crippen molar-refractivity contribution in [2.45, 2.75) is 109 Å². The summed E-state index contributed by atoms with van der Waals surface area (Å²) in [5.41, 5.74) is 0.851. The molecule has 0 aromatic heterocycles. The van der Waals surface area contributed by atoms with Crippen LogP contribution in [0.2, 0.25) is 0 Å². The molecule has 0 bridgehead atoms. The molecule has 12 heteroatoms. The predicted molar refractivity (Wildman–Crippen MR) is 155 cm³/mol. The van der Waals surface area contributed by atoms with E-state index in [0.29, 0.717) is 11.1 Å². The van der Waals surface area contributed by atoms with Gasteiger partial charge in [-0.3, -0.25) is 4.79 Å². The van der Waals surface area contributed by atoms with Gasteiger partial charge in [-0.1, -0.05) is 26.3 Å². The number of amides is 1. The number of hydrogen-bond acceptors (Lipinski definition) is 11. The lowest BCUT2D eigenvalue weighted by molar-refractivity contribution is -0.217. The molecule has 5 unspecified atom stereocenters. The molecule has 242 valence electrons. The van der Waals surface area contributed by atoms with E-state index >= 15 is 0 Å². The highest BCUT2D eigenvalue weighted by Gasteiger charge is 2.48. The second-order valence-corrected chi connectivity index (χ2v) is 12.5. The number of aromatic hydroxyl groups is 2. The molecule has 0 saturated carbocycles. The molecule has 1 aromatic carbocycles. The number of carbonyl (C=O) groups is 2. The van der Waals surface area contributed by atoms with Gasteiger partial charge in [0.2, 0.25) is 0 Å². The van der Waals surface area contributed by atoms with Crippen LogP contribution < -0.4 is 5.32 Å². The Morgan fingerprint density at radius 2 is 1.84 bits per heavy atom. The first-order valence-corrected chi connectivity index (χ1v) is 14.5. The van der Waals surface area contributed by atoms with Gasteiger partial charge in [-0.05, 0) is 31.4 Å². The number of phenolic OH excluding ortho intramolecular Hbond substituents is 2. The quantitative estimate of drug-likeness (QED) is 0.115. The van der Waals surface area contributed by atoms with Crippen molar-refractivity contribution in [2.24, 2.45) is 11.3 Å². The number of cyclic esters (lactones) is 1. The van der Waals surface area contributed by atoms with Gasteiger partial charge in [-0.25, -0.2) is 4.79 Å². The fourth-order valence-corrected chi connectivity index (χ4v) is 5.80. The summed E-state index contributed by atoms with van der Waals surface area (Å²) >= 11 is 0. The van der Waals surface area contributed by atoms with Crippen LogP contribution >= 0.6 is 0 Å². The highest BCUT2D eigenvalue weighted by atomic mass is 16.6. The number of aliphatic hydroxyl groups excluding tert-OH is 3. The number of phenols is 2. The average molecular weight is 610 g/mol. The summed E-state index contributed by atoms with van der Waals surface area (Å²) in [7, 11) is 2.76. The molecule has 0 spiro atoms. The largest absolute Gasteiger partial charge is 0.508 e. The molecule has 6 N–H and O–H groups in total. The van der Waals surface area contributed by atoms with E-state index in [1.807, 2.05) is 13.8 Å². The molecule has 1 aromatic rings. The molecule has 2 heterocycles. The topological polar surface area (TPSA) is 184 Å². The number of hydrogen-bond donors (Lipinski definition) is 6. The van der Waals surface area contributed by atoms with Crippen molar-refractivity contribution in [1.29, 1.82) is 0 Å². The van der Waals surface area contributed by atoms with Crippen LogP contribution in [0.15, 0.2) is 18.2 Å². The van der Waals surface area contributed by atoms with Crippen LogP contribution in [0.3, 0.4) is 0 Å². The zero-order valence-corrected chi connectivity index (χ0v) is 26.0. The van der Waals surface area contributed by atoms with Crippen molar-refractivity contribution in [2.75, 3.05) is 14.2 Å². The zero-order chi connectivity index (χ0) is 32.4. The number of fused-ring (bicyclic) bond motifs is 1. The number of methoxy groups -OCH3 is 2. The molecule has 1 fully saturated rings. The minimum Gasteiger partial charge on any atom is -0.508 e. The van der Waals surface area contributed by atoms with E-state index in [1.165, 1.54) is 14.2 Å². The zero-order valence-electron chi connectivity index (χ0n) is 26.0. The molecule has 2 aliphatic rings. The van der Waals surface area contributed by atoms with Crippen LogP contribution in [-0.4, -0.2) is 101 Å². The van der Waals surface area contributed by atoms with Crippen LogP contribution in [0.4, 0.5) is 0 Å². The third-order valence-corrected chi connectivity index (χ3v) is 9.02. The van der Waals surface area contributed by atoms with Crippen LogP contribution in [0, 0.1) is 18.3 Å². The van der Waals surface area contributed by atoms with Crippen molar-refractivity contribution >= 4 is 11.9 Å². The van der Waals surface area contributed by atoms with Crippen LogP contribution in [0.25, 0.3) is 0 Å². The number of rotatable bonds is 12. The maximum Gasteiger partial charge on any atom is 0.342 e. The van der Waals surface area contributed by atoms with Crippen molar-refractivity contribution in [3.8, 4) is 11.5 Å². The number of ether oxygens (including phenoxy) is 4. The van der Waals surface area contributed by atoms with Gasteiger partial charge in [0, 0.05) is 50.9 Å². The normalized spacial score (nSPS) is 26.8. The number of benzene rings is 1. The average Bonchev–Trinajstić information content (AvgIpc) is 2.94. The molecular formula is C31H47NO11. The highest BCUT2D eigenvalue weighted by Crippen LogP contribution is 2.42. The van der Waals surface area contributed by atoms with Crippen molar-refractivity contribution < 1.29 is 54.1 Å². The lowest BCUT2D eigenvalue weighted by atomic mass is 9.73. The predicted octanol–water partition coefficient (Wildman–Crippen LogP) is 1.85. The minimum atomic E-state index is -1.50. The van der Waals surface area contributed by atoms with Gasteiger partial charge >= 0.3 is 5.97 Å². The number of aliphatic hydroxyl groups is 3. The molecular weight excluding hydrogens is 562 g/mol. The third-order valence-electron chi connectivity index (χ3n) is 9.02. The van der Waals surface area contributed by atoms with Crippen molar-refractivity contribution in [3.05, 3.63) is 34.9 Å². The maximum absolute atomic E-state index is 12.9. The monoisotopic (exact) mass is 609 g/mol. The van der Waals surface area contributed by atoms with E-state index in [0.717, 1.165) is 11.6 Å². The molecule has 0 aliphatic carbocycles. The Kier molecular flexibility index (Phi) is 11.2. The van der Waals surface area contributed by atoms with Gasteiger partial charge in [-0.15, -0.1) is 6.58 Å². The highest BCUT2D eigenvalue weighted by molar-refractivity contribution is 5.96. The Morgan fingerprint density at radius 3 is 2.42 bits per heavy atom. The Bertz CT molecular complexity index is 1180.